The molecule has 2 rings (SSSR count). The standard InChI is InChI=1S/C13H21BN2O3/c1-9(10(2)17)16-8-11(7-15-16)14-18-12(3,4)13(5,6)19-14/h7-9H,1-6H3. The lowest BCUT2D eigenvalue weighted by molar-refractivity contribution is -0.119. The summed E-state index contributed by atoms with van der Waals surface area (Å²) in [7, 11) is -0.432. The Morgan fingerprint density at radius 2 is 1.84 bits per heavy atom. The summed E-state index contributed by atoms with van der Waals surface area (Å²) < 4.78 is 13.5. The van der Waals surface area contributed by atoms with Gasteiger partial charge in [0.15, 0.2) is 5.78 Å². The summed E-state index contributed by atoms with van der Waals surface area (Å²) in [5.74, 6) is 0.0727. The molecule has 19 heavy (non-hydrogen) atoms. The van der Waals surface area contributed by atoms with Crippen molar-refractivity contribution in [2.24, 2.45) is 0 Å². The van der Waals surface area contributed by atoms with E-state index in [1.807, 2.05) is 40.8 Å². The number of carbonyl (C=O) groups excluding carboxylic acids is 1. The van der Waals surface area contributed by atoms with Gasteiger partial charge in [0.25, 0.3) is 0 Å². The highest BCUT2D eigenvalue weighted by Gasteiger charge is 2.52. The van der Waals surface area contributed by atoms with Gasteiger partial charge < -0.3 is 9.31 Å². The van der Waals surface area contributed by atoms with Crippen molar-refractivity contribution in [2.75, 3.05) is 0 Å². The molecule has 1 aliphatic rings. The van der Waals surface area contributed by atoms with Gasteiger partial charge in [0.2, 0.25) is 0 Å². The lowest BCUT2D eigenvalue weighted by atomic mass is 9.82. The van der Waals surface area contributed by atoms with Crippen molar-refractivity contribution in [2.45, 2.75) is 58.8 Å². The van der Waals surface area contributed by atoms with Gasteiger partial charge in [-0.3, -0.25) is 9.48 Å². The first kappa shape index (κ1) is 14.3. The second kappa shape index (κ2) is 4.46. The Balaban J connectivity index is 2.20. The fraction of sp³-hybridized carbons (Fsp3) is 0.692. The summed E-state index contributed by atoms with van der Waals surface area (Å²) in [5.41, 5.74) is 0.101. The van der Waals surface area contributed by atoms with E-state index in [9.17, 15) is 4.79 Å². The number of aromatic nitrogens is 2. The van der Waals surface area contributed by atoms with E-state index in [0.29, 0.717) is 0 Å². The fourth-order valence-electron chi connectivity index (χ4n) is 1.85. The maximum absolute atomic E-state index is 11.4. The van der Waals surface area contributed by atoms with Gasteiger partial charge in [0.05, 0.1) is 11.2 Å². The third-order valence-electron chi connectivity index (χ3n) is 4.13. The number of Topliss-reactive ketones (excluding diaryl/α,β-unsaturated/α-hetero) is 1. The lowest BCUT2D eigenvalue weighted by Gasteiger charge is -2.32. The molecule has 1 atom stereocenters. The van der Waals surface area contributed by atoms with E-state index in [2.05, 4.69) is 5.10 Å². The first-order chi connectivity index (χ1) is 8.64. The average Bonchev–Trinajstić information content (AvgIpc) is 2.81. The van der Waals surface area contributed by atoms with Gasteiger partial charge in [-0.15, -0.1) is 0 Å². The Bertz CT molecular complexity index is 480. The molecule has 6 heteroatoms. The van der Waals surface area contributed by atoms with Crippen LogP contribution in [0.5, 0.6) is 0 Å². The molecule has 0 N–H and O–H groups in total. The molecule has 2 heterocycles. The molecule has 1 aromatic rings. The summed E-state index contributed by atoms with van der Waals surface area (Å²) in [4.78, 5) is 11.4. The van der Waals surface area contributed by atoms with Gasteiger partial charge in [-0.05, 0) is 41.5 Å². The molecule has 1 fully saturated rings. The maximum Gasteiger partial charge on any atom is 0.498 e. The van der Waals surface area contributed by atoms with Crippen LogP contribution in [0.3, 0.4) is 0 Å². The zero-order valence-electron chi connectivity index (χ0n) is 12.4. The molecule has 0 radical (unpaired) electrons. The molecule has 5 nitrogen and oxygen atoms in total. The third kappa shape index (κ3) is 2.47. The first-order valence-corrected chi connectivity index (χ1v) is 6.54. The summed E-state index contributed by atoms with van der Waals surface area (Å²) >= 11 is 0. The smallest absolute Gasteiger partial charge is 0.399 e. The van der Waals surface area contributed by atoms with E-state index < -0.39 is 7.12 Å². The van der Waals surface area contributed by atoms with Crippen LogP contribution in [0, 0.1) is 0 Å². The van der Waals surface area contributed by atoms with E-state index in [4.69, 9.17) is 9.31 Å². The predicted molar refractivity (Wildman–Crippen MR) is 73.3 cm³/mol. The molecule has 1 aliphatic heterocycles. The Kier molecular flexibility index (Phi) is 3.35. The van der Waals surface area contributed by atoms with Crippen molar-refractivity contribution in [3.8, 4) is 0 Å². The van der Waals surface area contributed by atoms with E-state index in [-0.39, 0.29) is 23.0 Å². The fourth-order valence-corrected chi connectivity index (χ4v) is 1.85. The minimum Gasteiger partial charge on any atom is -0.399 e. The van der Waals surface area contributed by atoms with Crippen molar-refractivity contribution in [1.82, 2.24) is 9.78 Å². The van der Waals surface area contributed by atoms with Crippen LogP contribution in [0.4, 0.5) is 0 Å². The normalized spacial score (nSPS) is 22.5. The molecule has 0 amide bonds. The molecule has 104 valence electrons. The quantitative estimate of drug-likeness (QED) is 0.773. The third-order valence-corrected chi connectivity index (χ3v) is 4.13. The van der Waals surface area contributed by atoms with Crippen molar-refractivity contribution in [3.05, 3.63) is 12.4 Å². The first-order valence-electron chi connectivity index (χ1n) is 6.54. The second-order valence-corrected chi connectivity index (χ2v) is 6.13. The highest BCUT2D eigenvalue weighted by Crippen LogP contribution is 2.36. The van der Waals surface area contributed by atoms with E-state index >= 15 is 0 Å². The van der Waals surface area contributed by atoms with Crippen LogP contribution in [0.15, 0.2) is 12.4 Å². The molecule has 0 aromatic carbocycles. The number of hydrogen-bond donors (Lipinski definition) is 0. The highest BCUT2D eigenvalue weighted by molar-refractivity contribution is 6.62. The Labute approximate surface area is 114 Å². The van der Waals surface area contributed by atoms with Crippen LogP contribution >= 0.6 is 0 Å². The van der Waals surface area contributed by atoms with Crippen molar-refractivity contribution < 1.29 is 14.1 Å². The lowest BCUT2D eigenvalue weighted by Crippen LogP contribution is -2.41. The number of ketones is 1. The van der Waals surface area contributed by atoms with Crippen LogP contribution in [-0.2, 0) is 14.1 Å². The number of hydrogen-bond acceptors (Lipinski definition) is 4. The Hall–Kier alpha value is -1.14. The highest BCUT2D eigenvalue weighted by atomic mass is 16.7. The molecule has 1 aromatic heterocycles. The SMILES string of the molecule is CC(=O)C(C)n1cc(B2OC(C)(C)C(C)(C)O2)cn1. The molecule has 1 saturated heterocycles. The van der Waals surface area contributed by atoms with Crippen LogP contribution in [0.25, 0.3) is 0 Å². The van der Waals surface area contributed by atoms with Gasteiger partial charge >= 0.3 is 7.12 Å². The van der Waals surface area contributed by atoms with Gasteiger partial charge in [-0.2, -0.15) is 5.10 Å². The van der Waals surface area contributed by atoms with Crippen molar-refractivity contribution >= 4 is 18.4 Å². The number of nitrogens with zero attached hydrogens (tertiary/aromatic N) is 2. The van der Waals surface area contributed by atoms with Crippen molar-refractivity contribution in [1.29, 1.82) is 0 Å². The van der Waals surface area contributed by atoms with Crippen LogP contribution in [-0.4, -0.2) is 33.9 Å². The summed E-state index contributed by atoms with van der Waals surface area (Å²) in [6.45, 7) is 11.4. The largest absolute Gasteiger partial charge is 0.498 e. The van der Waals surface area contributed by atoms with Gasteiger partial charge in [-0.1, -0.05) is 0 Å². The van der Waals surface area contributed by atoms with Gasteiger partial charge in [0.1, 0.15) is 6.04 Å². The van der Waals surface area contributed by atoms with Crippen molar-refractivity contribution in [3.63, 3.8) is 0 Å². The molecule has 1 unspecified atom stereocenters. The predicted octanol–water partition coefficient (Wildman–Crippen LogP) is 1.33. The minimum absolute atomic E-state index is 0.0727. The summed E-state index contributed by atoms with van der Waals surface area (Å²) in [6.07, 6.45) is 3.51. The zero-order chi connectivity index (χ0) is 14.4. The molecular weight excluding hydrogens is 243 g/mol. The Morgan fingerprint density at radius 1 is 1.32 bits per heavy atom. The van der Waals surface area contributed by atoms with E-state index in [1.54, 1.807) is 17.8 Å². The van der Waals surface area contributed by atoms with Crippen LogP contribution < -0.4 is 5.46 Å². The minimum atomic E-state index is -0.432. The topological polar surface area (TPSA) is 53.4 Å². The van der Waals surface area contributed by atoms with E-state index in [1.165, 1.54) is 0 Å². The molecule has 0 aliphatic carbocycles. The average molecular weight is 264 g/mol. The van der Waals surface area contributed by atoms with Crippen LogP contribution in [0.2, 0.25) is 0 Å². The maximum atomic E-state index is 11.4. The second-order valence-electron chi connectivity index (χ2n) is 6.13. The molecular formula is C13H21BN2O3. The zero-order valence-corrected chi connectivity index (χ0v) is 12.4. The van der Waals surface area contributed by atoms with Crippen LogP contribution in [0.1, 0.15) is 47.6 Å². The van der Waals surface area contributed by atoms with E-state index in [0.717, 1.165) is 5.46 Å². The van der Waals surface area contributed by atoms with Gasteiger partial charge in [0, 0.05) is 17.9 Å². The molecule has 0 spiro atoms. The number of carbonyl (C=O) groups is 1. The molecule has 0 bridgehead atoms. The molecule has 0 saturated carbocycles. The summed E-state index contributed by atoms with van der Waals surface area (Å²) in [5, 5.41) is 4.21. The van der Waals surface area contributed by atoms with Gasteiger partial charge in [-0.25, -0.2) is 0 Å². The summed E-state index contributed by atoms with van der Waals surface area (Å²) in [6, 6.07) is -0.267. The Morgan fingerprint density at radius 3 is 2.32 bits per heavy atom. The number of rotatable bonds is 3. The monoisotopic (exact) mass is 264 g/mol.